The molecule has 0 radical (unpaired) electrons. The molecule has 0 fully saturated rings. The first-order chi connectivity index (χ1) is 3.56. The van der Waals surface area contributed by atoms with Crippen molar-refractivity contribution in [3.05, 3.63) is 0 Å². The summed E-state index contributed by atoms with van der Waals surface area (Å²) in [6, 6.07) is 0. The minimum Gasteiger partial charge on any atom is -0.449 e. The topological polar surface area (TPSA) is 0 Å². The zero-order valence-electron chi connectivity index (χ0n) is 5.20. The monoisotopic (exact) mass is 160 g/mol. The number of terminal acetylenes is 1. The maximum atomic E-state index is 11.2. The molecule has 0 unspecified atom stereocenters. The van der Waals surface area contributed by atoms with Gasteiger partial charge in [-0.15, -0.1) is 12.3 Å². The van der Waals surface area contributed by atoms with Crippen molar-refractivity contribution in [3.63, 3.8) is 0 Å². The summed E-state index contributed by atoms with van der Waals surface area (Å²) in [6.07, 6.45) is 3.60. The Morgan fingerprint density at radius 3 is 1.89 bits per heavy atom. The first-order valence-corrected chi connectivity index (χ1v) is 2.21. The molecule has 0 bridgehead atoms. The predicted molar refractivity (Wildman–Crippen MR) is 27.3 cm³/mol. The van der Waals surface area contributed by atoms with Crippen LogP contribution in [0.3, 0.4) is 0 Å². The van der Waals surface area contributed by atoms with Crippen molar-refractivity contribution < 1.29 is 64.3 Å². The molecule has 0 aliphatic heterocycles. The Kier molecular flexibility index (Phi) is 8.20. The Balaban J connectivity index is 0. The van der Waals surface area contributed by atoms with Gasteiger partial charge in [0.05, 0.1) is 0 Å². The first kappa shape index (κ1) is 12.7. The van der Waals surface area contributed by atoms with Gasteiger partial charge in [-0.1, -0.05) is 6.32 Å². The predicted octanol–water partition coefficient (Wildman–Crippen LogP) is -1.14. The van der Waals surface area contributed by atoms with Crippen molar-refractivity contribution in [3.8, 4) is 12.3 Å². The van der Waals surface area contributed by atoms with Crippen molar-refractivity contribution >= 4 is 6.98 Å². The molecular weight excluding hydrogens is 155 g/mol. The van der Waals surface area contributed by atoms with E-state index in [2.05, 4.69) is 6.42 Å². The van der Waals surface area contributed by atoms with Crippen LogP contribution in [0.15, 0.2) is 0 Å². The van der Waals surface area contributed by atoms with E-state index in [4.69, 9.17) is 0 Å². The van der Waals surface area contributed by atoms with Crippen LogP contribution in [0.5, 0.6) is 0 Å². The fourth-order valence-electron chi connectivity index (χ4n) is 0.247. The number of halogens is 3. The SMILES string of the molecule is C#CCC[B-](F)(F)F.[K+]. The molecule has 0 atom stereocenters. The smallest absolute Gasteiger partial charge is 0.449 e. The van der Waals surface area contributed by atoms with E-state index >= 15 is 0 Å². The molecule has 0 aromatic heterocycles. The molecule has 0 N–H and O–H groups in total. The van der Waals surface area contributed by atoms with E-state index in [1.54, 1.807) is 0 Å². The van der Waals surface area contributed by atoms with Gasteiger partial charge in [0.1, 0.15) is 0 Å². The van der Waals surface area contributed by atoms with E-state index in [1.807, 2.05) is 5.92 Å². The summed E-state index contributed by atoms with van der Waals surface area (Å²) in [5, 5.41) is 0. The summed E-state index contributed by atoms with van der Waals surface area (Å²) in [4.78, 5) is 0. The molecule has 9 heavy (non-hydrogen) atoms. The molecular formula is C4H5BF3K. The van der Waals surface area contributed by atoms with Crippen LogP contribution >= 0.6 is 0 Å². The standard InChI is InChI=1S/C4H5BF3.K/c1-2-3-4-5(6,7)8;/h1H,3-4H2;/q-1;+1. The van der Waals surface area contributed by atoms with Gasteiger partial charge in [0.15, 0.2) is 0 Å². The van der Waals surface area contributed by atoms with Gasteiger partial charge in [-0.2, -0.15) is 0 Å². The molecule has 0 amide bonds. The van der Waals surface area contributed by atoms with Gasteiger partial charge in [-0.25, -0.2) is 0 Å². The maximum absolute atomic E-state index is 11.2. The molecule has 0 nitrogen and oxygen atoms in total. The molecule has 0 aromatic rings. The van der Waals surface area contributed by atoms with E-state index in [0.29, 0.717) is 0 Å². The maximum Gasteiger partial charge on any atom is 1.00 e. The summed E-state index contributed by atoms with van der Waals surface area (Å²) >= 11 is 0. The molecule has 0 rings (SSSR count). The van der Waals surface area contributed by atoms with Crippen LogP contribution in [0, 0.1) is 12.3 Å². The van der Waals surface area contributed by atoms with Gasteiger partial charge in [0, 0.05) is 0 Å². The molecule has 0 aliphatic carbocycles. The Morgan fingerprint density at radius 2 is 1.78 bits per heavy atom. The van der Waals surface area contributed by atoms with Gasteiger partial charge in [0.2, 0.25) is 0 Å². The van der Waals surface area contributed by atoms with Gasteiger partial charge in [-0.05, 0) is 6.42 Å². The average Bonchev–Trinajstić information content (AvgIpc) is 1.59. The Bertz CT molecular complexity index is 103. The third kappa shape index (κ3) is 12.3. The molecule has 5 heteroatoms. The van der Waals surface area contributed by atoms with Crippen LogP contribution in [0.4, 0.5) is 12.9 Å². The Hall–Kier alpha value is 1.05. The van der Waals surface area contributed by atoms with Crippen molar-refractivity contribution in [1.82, 2.24) is 0 Å². The van der Waals surface area contributed by atoms with Crippen molar-refractivity contribution in [2.75, 3.05) is 0 Å². The summed E-state index contributed by atoms with van der Waals surface area (Å²) in [6.45, 7) is -4.64. The fraction of sp³-hybridized carbons (Fsp3) is 0.500. The van der Waals surface area contributed by atoms with Gasteiger partial charge in [-0.3, -0.25) is 0 Å². The summed E-state index contributed by atoms with van der Waals surface area (Å²) in [7, 11) is 0. The second-order valence-corrected chi connectivity index (χ2v) is 1.45. The summed E-state index contributed by atoms with van der Waals surface area (Å²) < 4.78 is 33.6. The zero-order valence-corrected chi connectivity index (χ0v) is 8.33. The van der Waals surface area contributed by atoms with Crippen LogP contribution in [-0.4, -0.2) is 6.98 Å². The molecule has 0 saturated heterocycles. The Morgan fingerprint density at radius 1 is 1.33 bits per heavy atom. The van der Waals surface area contributed by atoms with Crippen LogP contribution < -0.4 is 51.4 Å². The van der Waals surface area contributed by atoms with Crippen molar-refractivity contribution in [1.29, 1.82) is 0 Å². The van der Waals surface area contributed by atoms with E-state index in [-0.39, 0.29) is 57.8 Å². The zero-order chi connectivity index (χ0) is 6.62. The number of hydrogen-bond donors (Lipinski definition) is 0. The first-order valence-electron chi connectivity index (χ1n) is 2.21. The minimum absolute atomic E-state index is 0. The molecule has 0 saturated carbocycles. The van der Waals surface area contributed by atoms with Crippen LogP contribution in [0.2, 0.25) is 6.32 Å². The minimum atomic E-state index is -4.64. The fourth-order valence-corrected chi connectivity index (χ4v) is 0.247. The summed E-state index contributed by atoms with van der Waals surface area (Å²) in [5.41, 5.74) is 0. The van der Waals surface area contributed by atoms with Crippen molar-refractivity contribution in [2.45, 2.75) is 12.7 Å². The number of rotatable bonds is 2. The molecule has 0 spiro atoms. The third-order valence-corrected chi connectivity index (χ3v) is 0.616. The van der Waals surface area contributed by atoms with Crippen LogP contribution in [0.1, 0.15) is 6.42 Å². The molecule has 0 heterocycles. The van der Waals surface area contributed by atoms with Crippen molar-refractivity contribution in [2.24, 2.45) is 0 Å². The van der Waals surface area contributed by atoms with Crippen LogP contribution in [-0.2, 0) is 0 Å². The van der Waals surface area contributed by atoms with E-state index in [0.717, 1.165) is 0 Å². The largest absolute Gasteiger partial charge is 1.00 e. The quantitative estimate of drug-likeness (QED) is 0.354. The second-order valence-electron chi connectivity index (χ2n) is 1.45. The number of hydrogen-bond acceptors (Lipinski definition) is 0. The summed E-state index contributed by atoms with van der Waals surface area (Å²) in [5.74, 6) is 1.92. The molecule has 46 valence electrons. The van der Waals surface area contributed by atoms with Gasteiger partial charge in [0.25, 0.3) is 0 Å². The average molecular weight is 160 g/mol. The van der Waals surface area contributed by atoms with Crippen LogP contribution in [0.25, 0.3) is 0 Å². The molecule has 0 aromatic carbocycles. The van der Waals surface area contributed by atoms with Gasteiger partial charge < -0.3 is 12.9 Å². The second kappa shape index (κ2) is 5.81. The van der Waals surface area contributed by atoms with Gasteiger partial charge >= 0.3 is 58.4 Å². The van der Waals surface area contributed by atoms with E-state index < -0.39 is 13.3 Å². The van der Waals surface area contributed by atoms with E-state index in [9.17, 15) is 12.9 Å². The van der Waals surface area contributed by atoms with E-state index in [1.165, 1.54) is 0 Å². The normalized spacial score (nSPS) is 9.56. The molecule has 0 aliphatic rings. The Labute approximate surface area is 95.1 Å². The third-order valence-electron chi connectivity index (χ3n) is 0.616.